The number of carbonyl (C=O) groups is 1. The summed E-state index contributed by atoms with van der Waals surface area (Å²) in [5.74, 6) is 1.24. The molecule has 10 heteroatoms. The van der Waals surface area contributed by atoms with Crippen LogP contribution < -0.4 is 15.0 Å². The molecule has 1 aromatic heterocycles. The third-order valence-corrected chi connectivity index (χ3v) is 4.25. The number of halogens is 3. The lowest BCUT2D eigenvalue weighted by molar-refractivity contribution is -0.137. The Morgan fingerprint density at radius 2 is 1.90 bits per heavy atom. The zero-order valence-corrected chi connectivity index (χ0v) is 15.8. The normalized spacial score (nSPS) is 14.6. The van der Waals surface area contributed by atoms with Gasteiger partial charge in [0.05, 0.1) is 25.3 Å². The average Bonchev–Trinajstić information content (AvgIpc) is 2.71. The van der Waals surface area contributed by atoms with Crippen LogP contribution in [-0.2, 0) is 10.9 Å². The fourth-order valence-electron chi connectivity index (χ4n) is 2.79. The Morgan fingerprint density at radius 3 is 2.55 bits per heavy atom. The van der Waals surface area contributed by atoms with E-state index in [1.165, 1.54) is 0 Å². The average molecular weight is 410 g/mol. The molecule has 0 unspecified atom stereocenters. The van der Waals surface area contributed by atoms with E-state index in [-0.39, 0.29) is 18.7 Å². The summed E-state index contributed by atoms with van der Waals surface area (Å²) in [5, 5.41) is 2.60. The van der Waals surface area contributed by atoms with Crippen LogP contribution in [0.1, 0.15) is 21.7 Å². The van der Waals surface area contributed by atoms with E-state index in [1.807, 2.05) is 0 Å². The molecule has 2 heterocycles. The predicted molar refractivity (Wildman–Crippen MR) is 99.1 cm³/mol. The largest absolute Gasteiger partial charge is 0.476 e. The molecule has 1 N–H and O–H groups in total. The van der Waals surface area contributed by atoms with E-state index < -0.39 is 17.6 Å². The van der Waals surface area contributed by atoms with Crippen molar-refractivity contribution in [3.8, 4) is 5.88 Å². The van der Waals surface area contributed by atoms with Crippen LogP contribution in [-0.4, -0.2) is 55.3 Å². The molecule has 1 fully saturated rings. The topological polar surface area (TPSA) is 76.6 Å². The Labute approximate surface area is 165 Å². The molecule has 156 valence electrons. The number of nitrogens with one attached hydrogen (secondary N) is 1. The van der Waals surface area contributed by atoms with E-state index in [1.54, 1.807) is 13.0 Å². The molecule has 2 aromatic rings. The van der Waals surface area contributed by atoms with E-state index in [9.17, 15) is 18.0 Å². The van der Waals surface area contributed by atoms with Crippen LogP contribution >= 0.6 is 0 Å². The number of anilines is 1. The van der Waals surface area contributed by atoms with Gasteiger partial charge in [0.25, 0.3) is 5.91 Å². The SMILES string of the molecule is Cc1nc(OCCNC(=O)c2ccc(C(F)(F)F)cc2)cc(N2CCOCC2)n1. The Hall–Kier alpha value is -2.88. The second kappa shape index (κ2) is 9.08. The van der Waals surface area contributed by atoms with Crippen molar-refractivity contribution in [3.63, 3.8) is 0 Å². The first-order valence-corrected chi connectivity index (χ1v) is 9.09. The fraction of sp³-hybridized carbons (Fsp3) is 0.421. The zero-order valence-electron chi connectivity index (χ0n) is 15.8. The molecule has 7 nitrogen and oxygen atoms in total. The Kier molecular flexibility index (Phi) is 6.53. The van der Waals surface area contributed by atoms with Crippen molar-refractivity contribution in [3.05, 3.63) is 47.3 Å². The van der Waals surface area contributed by atoms with Gasteiger partial charge in [-0.2, -0.15) is 18.2 Å². The number of aromatic nitrogens is 2. The van der Waals surface area contributed by atoms with E-state index >= 15 is 0 Å². The molecule has 1 aromatic carbocycles. The molecule has 0 radical (unpaired) electrons. The minimum atomic E-state index is -4.43. The second-order valence-corrected chi connectivity index (χ2v) is 6.39. The fourth-order valence-corrected chi connectivity index (χ4v) is 2.79. The number of alkyl halides is 3. The molecular formula is C19H21F3N4O3. The number of carbonyl (C=O) groups excluding carboxylic acids is 1. The first-order valence-electron chi connectivity index (χ1n) is 9.09. The van der Waals surface area contributed by atoms with Crippen LogP contribution in [0.15, 0.2) is 30.3 Å². The van der Waals surface area contributed by atoms with Crippen LogP contribution in [0, 0.1) is 6.92 Å². The van der Waals surface area contributed by atoms with Gasteiger partial charge in [-0.3, -0.25) is 4.79 Å². The minimum absolute atomic E-state index is 0.144. The van der Waals surface area contributed by atoms with Gasteiger partial charge in [-0.25, -0.2) is 4.98 Å². The molecule has 3 rings (SSSR count). The van der Waals surface area contributed by atoms with Crippen molar-refractivity contribution in [2.45, 2.75) is 13.1 Å². The highest BCUT2D eigenvalue weighted by Crippen LogP contribution is 2.29. The number of benzene rings is 1. The van der Waals surface area contributed by atoms with Gasteiger partial charge in [0.15, 0.2) is 0 Å². The number of nitrogens with zero attached hydrogens (tertiary/aromatic N) is 3. The van der Waals surface area contributed by atoms with Crippen molar-refractivity contribution >= 4 is 11.7 Å². The number of rotatable bonds is 6. The Bertz CT molecular complexity index is 838. The van der Waals surface area contributed by atoms with Crippen LogP contribution in [0.5, 0.6) is 5.88 Å². The highest BCUT2D eigenvalue weighted by Gasteiger charge is 2.30. The van der Waals surface area contributed by atoms with Crippen LogP contribution in [0.4, 0.5) is 19.0 Å². The summed E-state index contributed by atoms with van der Waals surface area (Å²) in [6, 6.07) is 5.77. The third kappa shape index (κ3) is 5.80. The van der Waals surface area contributed by atoms with Crippen molar-refractivity contribution < 1.29 is 27.4 Å². The summed E-state index contributed by atoms with van der Waals surface area (Å²) in [6.45, 7) is 4.84. The maximum atomic E-state index is 12.6. The molecule has 0 bridgehead atoms. The number of ether oxygens (including phenoxy) is 2. The molecular weight excluding hydrogens is 389 g/mol. The summed E-state index contributed by atoms with van der Waals surface area (Å²) >= 11 is 0. The lowest BCUT2D eigenvalue weighted by Crippen LogP contribution is -2.37. The molecule has 1 amide bonds. The van der Waals surface area contributed by atoms with Gasteiger partial charge in [0.2, 0.25) is 5.88 Å². The molecule has 0 saturated carbocycles. The molecule has 0 spiro atoms. The lowest BCUT2D eigenvalue weighted by Gasteiger charge is -2.28. The molecule has 0 atom stereocenters. The molecule has 1 aliphatic rings. The lowest BCUT2D eigenvalue weighted by atomic mass is 10.1. The number of amides is 1. The Balaban J connectivity index is 1.50. The standard InChI is InChI=1S/C19H21F3N4O3/c1-13-24-16(26-7-10-28-11-8-26)12-17(25-13)29-9-6-23-18(27)14-2-4-15(5-3-14)19(20,21)22/h2-5,12H,6-11H2,1H3,(H,23,27). The molecule has 0 aliphatic carbocycles. The predicted octanol–water partition coefficient (Wildman–Crippen LogP) is 2.45. The summed E-state index contributed by atoms with van der Waals surface area (Å²) in [5.41, 5.74) is -0.655. The molecule has 1 aliphatic heterocycles. The van der Waals surface area contributed by atoms with Gasteiger partial charge in [-0.05, 0) is 31.2 Å². The molecule has 29 heavy (non-hydrogen) atoms. The van der Waals surface area contributed by atoms with Crippen molar-refractivity contribution in [1.29, 1.82) is 0 Å². The number of hydrogen-bond acceptors (Lipinski definition) is 6. The summed E-state index contributed by atoms with van der Waals surface area (Å²) in [4.78, 5) is 22.8. The Morgan fingerprint density at radius 1 is 1.21 bits per heavy atom. The van der Waals surface area contributed by atoms with Gasteiger partial charge in [-0.1, -0.05) is 0 Å². The highest BCUT2D eigenvalue weighted by atomic mass is 19.4. The van der Waals surface area contributed by atoms with Crippen molar-refractivity contribution in [2.75, 3.05) is 44.4 Å². The van der Waals surface area contributed by atoms with Crippen LogP contribution in [0.3, 0.4) is 0 Å². The highest BCUT2D eigenvalue weighted by molar-refractivity contribution is 5.94. The zero-order chi connectivity index (χ0) is 20.9. The number of morpholine rings is 1. The monoisotopic (exact) mass is 410 g/mol. The first kappa shape index (κ1) is 20.8. The maximum absolute atomic E-state index is 12.6. The molecule has 1 saturated heterocycles. The summed E-state index contributed by atoms with van der Waals surface area (Å²) in [7, 11) is 0. The third-order valence-electron chi connectivity index (χ3n) is 4.25. The summed E-state index contributed by atoms with van der Waals surface area (Å²) < 4.78 is 48.6. The summed E-state index contributed by atoms with van der Waals surface area (Å²) in [6.07, 6.45) is -4.43. The van der Waals surface area contributed by atoms with E-state index in [2.05, 4.69) is 20.2 Å². The van der Waals surface area contributed by atoms with Crippen LogP contribution in [0.2, 0.25) is 0 Å². The number of aryl methyl sites for hydroxylation is 1. The number of hydrogen-bond donors (Lipinski definition) is 1. The maximum Gasteiger partial charge on any atom is 0.416 e. The van der Waals surface area contributed by atoms with E-state index in [0.717, 1.165) is 43.2 Å². The van der Waals surface area contributed by atoms with Gasteiger partial charge in [-0.15, -0.1) is 0 Å². The van der Waals surface area contributed by atoms with E-state index in [0.29, 0.717) is 24.9 Å². The van der Waals surface area contributed by atoms with E-state index in [4.69, 9.17) is 9.47 Å². The first-order chi connectivity index (χ1) is 13.8. The van der Waals surface area contributed by atoms with Gasteiger partial charge in [0, 0.05) is 24.7 Å². The quantitative estimate of drug-likeness (QED) is 0.738. The van der Waals surface area contributed by atoms with Crippen molar-refractivity contribution in [1.82, 2.24) is 15.3 Å². The van der Waals surface area contributed by atoms with Gasteiger partial charge < -0.3 is 19.7 Å². The minimum Gasteiger partial charge on any atom is -0.476 e. The van der Waals surface area contributed by atoms with Gasteiger partial charge in [0.1, 0.15) is 18.2 Å². The smallest absolute Gasteiger partial charge is 0.416 e. The van der Waals surface area contributed by atoms with Crippen LogP contribution in [0.25, 0.3) is 0 Å². The van der Waals surface area contributed by atoms with Gasteiger partial charge >= 0.3 is 6.18 Å². The van der Waals surface area contributed by atoms with Crippen molar-refractivity contribution in [2.24, 2.45) is 0 Å². The second-order valence-electron chi connectivity index (χ2n) is 6.39.